The first-order valence-electron chi connectivity index (χ1n) is 5.30. The van der Waals surface area contributed by atoms with Crippen LogP contribution in [0.4, 0.5) is 5.69 Å². The Labute approximate surface area is 128 Å². The molecule has 100 valence electrons. The van der Waals surface area contributed by atoms with Crippen LogP contribution in [-0.2, 0) is 10.0 Å². The topological polar surface area (TPSA) is 59.1 Å². The molecule has 0 amide bonds. The molecule has 1 aromatic carbocycles. The summed E-state index contributed by atoms with van der Waals surface area (Å²) in [5.74, 6) is 0. The number of nitrogens with one attached hydrogen (secondary N) is 1. The Morgan fingerprint density at radius 2 is 1.89 bits per heavy atom. The van der Waals surface area contributed by atoms with Crippen LogP contribution >= 0.6 is 31.9 Å². The summed E-state index contributed by atoms with van der Waals surface area (Å²) in [5, 5.41) is 0. The van der Waals surface area contributed by atoms with Crippen LogP contribution in [0.2, 0.25) is 0 Å². The zero-order valence-electron chi connectivity index (χ0n) is 9.89. The van der Waals surface area contributed by atoms with E-state index < -0.39 is 10.0 Å². The van der Waals surface area contributed by atoms with Crippen LogP contribution < -0.4 is 4.72 Å². The number of sulfonamides is 1. The number of anilines is 1. The van der Waals surface area contributed by atoms with Crippen LogP contribution in [0.25, 0.3) is 0 Å². The van der Waals surface area contributed by atoms with E-state index in [1.807, 2.05) is 0 Å². The minimum Gasteiger partial charge on any atom is -0.278 e. The molecule has 1 N–H and O–H groups in total. The molecule has 0 radical (unpaired) electrons. The van der Waals surface area contributed by atoms with Gasteiger partial charge in [-0.05, 0) is 53.2 Å². The average molecular weight is 406 g/mol. The Hall–Kier alpha value is -0.920. The molecular weight excluding hydrogens is 396 g/mol. The molecule has 0 aliphatic heterocycles. The molecule has 1 aromatic heterocycles. The number of hydrogen-bond acceptors (Lipinski definition) is 3. The predicted molar refractivity (Wildman–Crippen MR) is 81.6 cm³/mol. The SMILES string of the molecule is Cc1nc(Br)ccc1NS(=O)(=O)c1cccc(Br)c1. The summed E-state index contributed by atoms with van der Waals surface area (Å²) in [5.41, 5.74) is 1.07. The number of aryl methyl sites for hydroxylation is 1. The lowest BCUT2D eigenvalue weighted by molar-refractivity contribution is 0.601. The molecule has 1 heterocycles. The van der Waals surface area contributed by atoms with Crippen LogP contribution in [0.5, 0.6) is 0 Å². The molecule has 0 bridgehead atoms. The highest BCUT2D eigenvalue weighted by Gasteiger charge is 2.15. The normalized spacial score (nSPS) is 11.3. The maximum Gasteiger partial charge on any atom is 0.261 e. The second kappa shape index (κ2) is 5.60. The summed E-state index contributed by atoms with van der Waals surface area (Å²) >= 11 is 6.49. The third-order valence-corrected chi connectivity index (χ3v) is 4.70. The molecule has 2 rings (SSSR count). The third-order valence-electron chi connectivity index (χ3n) is 2.40. The number of aromatic nitrogens is 1. The van der Waals surface area contributed by atoms with Crippen molar-refractivity contribution in [3.63, 3.8) is 0 Å². The largest absolute Gasteiger partial charge is 0.278 e. The summed E-state index contributed by atoms with van der Waals surface area (Å²) in [6.45, 7) is 1.74. The minimum atomic E-state index is -3.61. The maximum absolute atomic E-state index is 12.2. The molecule has 0 unspecified atom stereocenters. The van der Waals surface area contributed by atoms with Crippen molar-refractivity contribution in [2.45, 2.75) is 11.8 Å². The predicted octanol–water partition coefficient (Wildman–Crippen LogP) is 3.72. The molecule has 19 heavy (non-hydrogen) atoms. The van der Waals surface area contributed by atoms with Gasteiger partial charge in [0.2, 0.25) is 0 Å². The van der Waals surface area contributed by atoms with Gasteiger partial charge >= 0.3 is 0 Å². The standard InChI is InChI=1S/C12H10Br2N2O2S/c1-8-11(5-6-12(14)15-8)16-19(17,18)10-4-2-3-9(13)7-10/h2-7,16H,1H3. The van der Waals surface area contributed by atoms with Crippen LogP contribution in [0, 0.1) is 6.92 Å². The number of rotatable bonds is 3. The van der Waals surface area contributed by atoms with E-state index in [0.717, 1.165) is 0 Å². The quantitative estimate of drug-likeness (QED) is 0.791. The molecule has 0 atom stereocenters. The Balaban J connectivity index is 2.36. The van der Waals surface area contributed by atoms with Gasteiger partial charge in [-0.3, -0.25) is 4.72 Å². The lowest BCUT2D eigenvalue weighted by Crippen LogP contribution is -2.14. The second-order valence-electron chi connectivity index (χ2n) is 3.83. The van der Waals surface area contributed by atoms with Gasteiger partial charge in [0, 0.05) is 4.47 Å². The fourth-order valence-electron chi connectivity index (χ4n) is 1.48. The number of pyridine rings is 1. The summed E-state index contributed by atoms with van der Waals surface area (Å²) < 4.78 is 28.3. The number of benzene rings is 1. The number of halogens is 2. The molecule has 4 nitrogen and oxygen atoms in total. The zero-order valence-corrected chi connectivity index (χ0v) is 13.9. The van der Waals surface area contributed by atoms with Gasteiger partial charge in [0.25, 0.3) is 10.0 Å². The summed E-state index contributed by atoms with van der Waals surface area (Å²) in [6, 6.07) is 9.88. The Morgan fingerprint density at radius 3 is 2.53 bits per heavy atom. The molecule has 2 aromatic rings. The number of hydrogen-bond donors (Lipinski definition) is 1. The van der Waals surface area contributed by atoms with E-state index in [1.165, 1.54) is 6.07 Å². The Bertz CT molecular complexity index is 717. The van der Waals surface area contributed by atoms with E-state index in [-0.39, 0.29) is 4.90 Å². The highest BCUT2D eigenvalue weighted by atomic mass is 79.9. The molecule has 0 aliphatic rings. The first kappa shape index (κ1) is 14.5. The molecular formula is C12H10Br2N2O2S. The van der Waals surface area contributed by atoms with Gasteiger partial charge < -0.3 is 0 Å². The van der Waals surface area contributed by atoms with Gasteiger partial charge in [-0.2, -0.15) is 0 Å². The van der Waals surface area contributed by atoms with Gasteiger partial charge in [0.15, 0.2) is 0 Å². The fraction of sp³-hybridized carbons (Fsp3) is 0.0833. The van der Waals surface area contributed by atoms with E-state index in [9.17, 15) is 8.42 Å². The first-order valence-corrected chi connectivity index (χ1v) is 8.37. The summed E-state index contributed by atoms with van der Waals surface area (Å²) in [7, 11) is -3.61. The van der Waals surface area contributed by atoms with Gasteiger partial charge in [-0.15, -0.1) is 0 Å². The van der Waals surface area contributed by atoms with Crippen LogP contribution in [0.15, 0.2) is 50.4 Å². The lowest BCUT2D eigenvalue weighted by Gasteiger charge is -2.10. The van der Waals surface area contributed by atoms with Crippen molar-refractivity contribution in [2.75, 3.05) is 4.72 Å². The summed E-state index contributed by atoms with van der Waals surface area (Å²) in [4.78, 5) is 4.35. The van der Waals surface area contributed by atoms with E-state index in [1.54, 1.807) is 37.3 Å². The van der Waals surface area contributed by atoms with Crippen molar-refractivity contribution in [3.05, 3.63) is 51.2 Å². The maximum atomic E-state index is 12.2. The van der Waals surface area contributed by atoms with Gasteiger partial charge in [0.1, 0.15) is 4.60 Å². The number of nitrogens with zero attached hydrogens (tertiary/aromatic N) is 1. The molecule has 7 heteroatoms. The lowest BCUT2D eigenvalue weighted by atomic mass is 10.3. The molecule has 0 fully saturated rings. The molecule has 0 saturated carbocycles. The van der Waals surface area contributed by atoms with E-state index in [4.69, 9.17) is 0 Å². The van der Waals surface area contributed by atoms with E-state index in [0.29, 0.717) is 20.5 Å². The van der Waals surface area contributed by atoms with Crippen molar-refractivity contribution in [1.29, 1.82) is 0 Å². The van der Waals surface area contributed by atoms with Crippen LogP contribution in [-0.4, -0.2) is 13.4 Å². The van der Waals surface area contributed by atoms with Gasteiger partial charge in [-0.1, -0.05) is 22.0 Å². The van der Waals surface area contributed by atoms with Crippen LogP contribution in [0.1, 0.15) is 5.69 Å². The fourth-order valence-corrected chi connectivity index (χ4v) is 3.59. The third kappa shape index (κ3) is 3.55. The van der Waals surface area contributed by atoms with Gasteiger partial charge in [0.05, 0.1) is 16.3 Å². The van der Waals surface area contributed by atoms with Crippen LogP contribution in [0.3, 0.4) is 0 Å². The zero-order chi connectivity index (χ0) is 14.0. The smallest absolute Gasteiger partial charge is 0.261 e. The molecule has 0 saturated heterocycles. The van der Waals surface area contributed by atoms with Crippen molar-refractivity contribution >= 4 is 47.6 Å². The van der Waals surface area contributed by atoms with Gasteiger partial charge in [-0.25, -0.2) is 13.4 Å². The summed E-state index contributed by atoms with van der Waals surface area (Å²) in [6.07, 6.45) is 0. The van der Waals surface area contributed by atoms with E-state index >= 15 is 0 Å². The monoisotopic (exact) mass is 404 g/mol. The highest BCUT2D eigenvalue weighted by molar-refractivity contribution is 9.10. The van der Waals surface area contributed by atoms with Crippen molar-refractivity contribution in [1.82, 2.24) is 4.98 Å². The average Bonchev–Trinajstić information content (AvgIpc) is 2.33. The first-order chi connectivity index (χ1) is 8.88. The Morgan fingerprint density at radius 1 is 1.16 bits per heavy atom. The second-order valence-corrected chi connectivity index (χ2v) is 7.24. The molecule has 0 aliphatic carbocycles. The molecule has 0 spiro atoms. The van der Waals surface area contributed by atoms with Crippen molar-refractivity contribution < 1.29 is 8.42 Å². The highest BCUT2D eigenvalue weighted by Crippen LogP contribution is 2.22. The van der Waals surface area contributed by atoms with Crippen molar-refractivity contribution in [3.8, 4) is 0 Å². The van der Waals surface area contributed by atoms with E-state index in [2.05, 4.69) is 41.6 Å². The Kier molecular flexibility index (Phi) is 4.27. The minimum absolute atomic E-state index is 0.198. The van der Waals surface area contributed by atoms with Crippen molar-refractivity contribution in [2.24, 2.45) is 0 Å².